The maximum Gasteiger partial charge on any atom is 0.431 e. The number of hydrogen-bond acceptors (Lipinski definition) is 5. The Hall–Kier alpha value is -2.51. The molecule has 0 fully saturated rings. The van der Waals surface area contributed by atoms with Gasteiger partial charge in [-0.2, -0.15) is 13.2 Å². The summed E-state index contributed by atoms with van der Waals surface area (Å²) in [6.07, 6.45) is -5.22. The molecule has 0 atom stereocenters. The number of hydrogen-bond donors (Lipinski definition) is 1. The lowest BCUT2D eigenvalue weighted by atomic mass is 10.2. The van der Waals surface area contributed by atoms with E-state index in [1.165, 1.54) is 30.3 Å². The Balaban J connectivity index is 3.34. The van der Waals surface area contributed by atoms with Gasteiger partial charge in [0, 0.05) is 11.3 Å². The fourth-order valence-electron chi connectivity index (χ4n) is 1.23. The number of rotatable bonds is 4. The number of aliphatic carboxylic acids is 2. The molecule has 0 amide bonds. The van der Waals surface area contributed by atoms with Gasteiger partial charge >= 0.3 is 6.18 Å². The minimum Gasteiger partial charge on any atom is -0.545 e. The van der Waals surface area contributed by atoms with Gasteiger partial charge in [-0.25, -0.2) is 0 Å². The van der Waals surface area contributed by atoms with Crippen molar-refractivity contribution < 1.29 is 33.0 Å². The van der Waals surface area contributed by atoms with Crippen molar-refractivity contribution in [3.8, 4) is 0 Å². The molecule has 0 aliphatic heterocycles. The van der Waals surface area contributed by atoms with E-state index < -0.39 is 29.4 Å². The molecule has 5 nitrogen and oxygen atoms in total. The average molecular weight is 273 g/mol. The second-order valence-electron chi connectivity index (χ2n) is 3.31. The molecule has 19 heavy (non-hydrogen) atoms. The maximum atomic E-state index is 12.7. The zero-order valence-corrected chi connectivity index (χ0v) is 9.15. The monoisotopic (exact) mass is 273 g/mol. The summed E-state index contributed by atoms with van der Waals surface area (Å²) in [6, 6.07) is 6.68. The Kier molecular flexibility index (Phi) is 4.15. The summed E-state index contributed by atoms with van der Waals surface area (Å²) in [5, 5.41) is 22.7. The van der Waals surface area contributed by atoms with Gasteiger partial charge in [0.15, 0.2) is 0 Å². The van der Waals surface area contributed by atoms with Gasteiger partial charge in [-0.05, 0) is 12.1 Å². The molecule has 0 bridgehead atoms. The van der Waals surface area contributed by atoms with Crippen LogP contribution in [0, 0.1) is 0 Å². The third-order valence-corrected chi connectivity index (χ3v) is 1.98. The van der Waals surface area contributed by atoms with Crippen LogP contribution in [0.2, 0.25) is 0 Å². The van der Waals surface area contributed by atoms with Gasteiger partial charge in [-0.3, -0.25) is 0 Å². The number of para-hydroxylation sites is 1. The first-order valence-corrected chi connectivity index (χ1v) is 4.79. The number of alkyl halides is 3. The Morgan fingerprint density at radius 1 is 1.00 bits per heavy atom. The summed E-state index contributed by atoms with van der Waals surface area (Å²) >= 11 is 0. The summed E-state index contributed by atoms with van der Waals surface area (Å²) in [5.41, 5.74) is -4.08. The zero-order valence-electron chi connectivity index (χ0n) is 9.15. The molecule has 8 heteroatoms. The van der Waals surface area contributed by atoms with E-state index in [4.69, 9.17) is 0 Å². The average Bonchev–Trinajstić information content (AvgIpc) is 2.27. The van der Waals surface area contributed by atoms with Gasteiger partial charge in [0.05, 0.1) is 11.9 Å². The third-order valence-electron chi connectivity index (χ3n) is 1.98. The van der Waals surface area contributed by atoms with Gasteiger partial charge in [0.2, 0.25) is 0 Å². The predicted molar refractivity (Wildman–Crippen MR) is 53.2 cm³/mol. The van der Waals surface area contributed by atoms with Gasteiger partial charge in [-0.1, -0.05) is 18.2 Å². The van der Waals surface area contributed by atoms with E-state index >= 15 is 0 Å². The predicted octanol–water partition coefficient (Wildman–Crippen LogP) is -0.585. The van der Waals surface area contributed by atoms with Gasteiger partial charge in [-0.15, -0.1) is 0 Å². The molecule has 0 saturated heterocycles. The first-order valence-electron chi connectivity index (χ1n) is 4.79. The minimum absolute atomic E-state index is 0.130. The Morgan fingerprint density at radius 2 is 1.47 bits per heavy atom. The van der Waals surface area contributed by atoms with Crippen molar-refractivity contribution in [2.24, 2.45) is 0 Å². The Labute approximate surface area is 105 Å². The summed E-state index contributed by atoms with van der Waals surface area (Å²) in [6.45, 7) is 0. The Morgan fingerprint density at radius 3 is 1.84 bits per heavy atom. The van der Waals surface area contributed by atoms with Crippen LogP contribution in [0.4, 0.5) is 18.9 Å². The number of carbonyl (C=O) groups is 2. The summed E-state index contributed by atoms with van der Waals surface area (Å²) in [7, 11) is 0. The number of carbonyl (C=O) groups excluding carboxylic acids is 2. The van der Waals surface area contributed by atoms with Crippen LogP contribution in [0.15, 0.2) is 41.6 Å². The van der Waals surface area contributed by atoms with Crippen LogP contribution < -0.4 is 15.5 Å². The molecule has 102 valence electrons. The highest BCUT2D eigenvalue weighted by Crippen LogP contribution is 2.29. The lowest BCUT2D eigenvalue weighted by Crippen LogP contribution is -2.40. The molecule has 1 rings (SSSR count). The molecular weight excluding hydrogens is 267 g/mol. The maximum absolute atomic E-state index is 12.7. The van der Waals surface area contributed by atoms with Gasteiger partial charge in [0.1, 0.15) is 5.70 Å². The molecule has 0 aliphatic carbocycles. The molecule has 1 N–H and O–H groups in total. The van der Waals surface area contributed by atoms with Crippen LogP contribution >= 0.6 is 0 Å². The van der Waals surface area contributed by atoms with Crippen LogP contribution in [0.1, 0.15) is 0 Å². The van der Waals surface area contributed by atoms with Crippen molar-refractivity contribution >= 4 is 17.6 Å². The topological polar surface area (TPSA) is 92.3 Å². The number of halogens is 3. The van der Waals surface area contributed by atoms with Crippen LogP contribution in [0.5, 0.6) is 0 Å². The van der Waals surface area contributed by atoms with Crippen LogP contribution in [-0.2, 0) is 9.59 Å². The van der Waals surface area contributed by atoms with E-state index in [0.29, 0.717) is 0 Å². The molecule has 0 heterocycles. The normalized spacial score (nSPS) is 10.7. The van der Waals surface area contributed by atoms with Gasteiger partial charge in [0.25, 0.3) is 0 Å². The molecule has 1 aromatic rings. The molecule has 0 radical (unpaired) electrons. The third kappa shape index (κ3) is 3.73. The fourth-order valence-corrected chi connectivity index (χ4v) is 1.23. The summed E-state index contributed by atoms with van der Waals surface area (Å²) < 4.78 is 38.0. The highest BCUT2D eigenvalue weighted by Gasteiger charge is 2.37. The van der Waals surface area contributed by atoms with E-state index in [9.17, 15) is 33.0 Å². The molecule has 0 aliphatic rings. The van der Waals surface area contributed by atoms with Crippen molar-refractivity contribution in [3.63, 3.8) is 0 Å². The number of anilines is 1. The van der Waals surface area contributed by atoms with Crippen molar-refractivity contribution in [2.45, 2.75) is 6.18 Å². The molecule has 0 spiro atoms. The van der Waals surface area contributed by atoms with E-state index in [1.807, 2.05) is 0 Å². The zero-order chi connectivity index (χ0) is 14.6. The SMILES string of the molecule is O=C([O-])C(C(=O)[O-])=C(Nc1ccccc1)C(F)(F)F. The minimum atomic E-state index is -5.22. The molecule has 0 saturated carbocycles. The quantitative estimate of drug-likeness (QED) is 0.450. The Bertz CT molecular complexity index is 506. The van der Waals surface area contributed by atoms with Crippen molar-refractivity contribution in [2.75, 3.05) is 5.32 Å². The number of carboxylic acid groups (broad SMARTS) is 2. The van der Waals surface area contributed by atoms with Crippen molar-refractivity contribution in [1.29, 1.82) is 0 Å². The van der Waals surface area contributed by atoms with Gasteiger partial charge < -0.3 is 25.1 Å². The van der Waals surface area contributed by atoms with E-state index in [2.05, 4.69) is 0 Å². The number of benzene rings is 1. The lowest BCUT2D eigenvalue weighted by Gasteiger charge is -2.20. The first-order chi connectivity index (χ1) is 8.73. The lowest BCUT2D eigenvalue weighted by molar-refractivity contribution is -0.312. The molecular formula is C11H6F3NO4-2. The summed E-state index contributed by atoms with van der Waals surface area (Å²) in [5.74, 6) is -4.98. The molecule has 0 unspecified atom stereocenters. The number of carboxylic acids is 2. The van der Waals surface area contributed by atoms with E-state index in [1.54, 1.807) is 5.32 Å². The fraction of sp³-hybridized carbons (Fsp3) is 0.0909. The van der Waals surface area contributed by atoms with Crippen LogP contribution in [0.25, 0.3) is 0 Å². The highest BCUT2D eigenvalue weighted by molar-refractivity contribution is 6.12. The molecule has 0 aromatic heterocycles. The largest absolute Gasteiger partial charge is 0.545 e. The van der Waals surface area contributed by atoms with Crippen molar-refractivity contribution in [3.05, 3.63) is 41.6 Å². The second kappa shape index (κ2) is 5.42. The van der Waals surface area contributed by atoms with E-state index in [0.717, 1.165) is 0 Å². The first kappa shape index (κ1) is 14.6. The standard InChI is InChI=1S/C11H8F3NO4/c12-11(13,14)8(7(9(16)17)10(18)19)15-6-4-2-1-3-5-6/h1-5,15H,(H,16,17)(H,18,19)/p-2. The number of allylic oxidation sites excluding steroid dienone is 1. The smallest absolute Gasteiger partial charge is 0.431 e. The second-order valence-corrected chi connectivity index (χ2v) is 3.31. The summed E-state index contributed by atoms with van der Waals surface area (Å²) in [4.78, 5) is 21.0. The molecule has 1 aromatic carbocycles. The van der Waals surface area contributed by atoms with E-state index in [-0.39, 0.29) is 5.69 Å². The highest BCUT2D eigenvalue weighted by atomic mass is 19.4. The number of nitrogens with one attached hydrogen (secondary N) is 1. The van der Waals surface area contributed by atoms with Crippen LogP contribution in [-0.4, -0.2) is 18.1 Å². The van der Waals surface area contributed by atoms with Crippen molar-refractivity contribution in [1.82, 2.24) is 0 Å². The van der Waals surface area contributed by atoms with Crippen LogP contribution in [0.3, 0.4) is 0 Å².